The van der Waals surface area contributed by atoms with E-state index in [4.69, 9.17) is 0 Å². The molecular weight excluding hydrogens is 434 g/mol. The highest BCUT2D eigenvalue weighted by Crippen LogP contribution is 2.30. The van der Waals surface area contributed by atoms with E-state index in [0.29, 0.717) is 14.5 Å². The van der Waals surface area contributed by atoms with Crippen molar-refractivity contribution in [2.45, 2.75) is 0 Å². The third-order valence-electron chi connectivity index (χ3n) is 2.75. The number of hydrazone groups is 1. The molecule has 2 rings (SSSR count). The molecule has 0 aliphatic heterocycles. The number of carbonyl (C=O) groups excluding carboxylic acids is 1. The molecule has 2 aromatic carbocycles. The Morgan fingerprint density at radius 3 is 2.74 bits per heavy atom. The van der Waals surface area contributed by atoms with Crippen LogP contribution in [0.2, 0.25) is 0 Å². The Bertz CT molecular complexity index is 809. The van der Waals surface area contributed by atoms with Crippen LogP contribution in [0, 0.1) is 10.1 Å². The van der Waals surface area contributed by atoms with E-state index >= 15 is 0 Å². The summed E-state index contributed by atoms with van der Waals surface area (Å²) in [5.74, 6) is -0.625. The smallest absolute Gasteiger partial charge is 0.271 e. The van der Waals surface area contributed by atoms with E-state index in [1.807, 2.05) is 0 Å². The topological polar surface area (TPSA) is 105 Å². The molecule has 118 valence electrons. The van der Waals surface area contributed by atoms with Crippen molar-refractivity contribution in [1.29, 1.82) is 0 Å². The summed E-state index contributed by atoms with van der Waals surface area (Å²) in [5, 5.41) is 24.3. The van der Waals surface area contributed by atoms with Gasteiger partial charge in [0.1, 0.15) is 5.75 Å². The molecule has 2 N–H and O–H groups in total. The molecule has 2 aromatic rings. The fraction of sp³-hybridized carbons (Fsp3) is 0. The number of nitrogens with one attached hydrogen (secondary N) is 1. The van der Waals surface area contributed by atoms with Gasteiger partial charge in [-0.25, -0.2) is 5.43 Å². The van der Waals surface area contributed by atoms with Crippen LogP contribution in [0.5, 0.6) is 5.75 Å². The molecule has 0 aliphatic carbocycles. The maximum Gasteiger partial charge on any atom is 0.271 e. The van der Waals surface area contributed by atoms with Gasteiger partial charge in [-0.15, -0.1) is 0 Å². The van der Waals surface area contributed by atoms with Crippen molar-refractivity contribution in [1.82, 2.24) is 5.43 Å². The minimum Gasteiger partial charge on any atom is -0.506 e. The lowest BCUT2D eigenvalue weighted by Crippen LogP contribution is -2.17. The minimum absolute atomic E-state index is 0.0263. The maximum absolute atomic E-state index is 11.9. The fourth-order valence-corrected chi connectivity index (χ4v) is 2.93. The predicted octanol–water partition coefficient (Wildman–Crippen LogP) is 3.59. The van der Waals surface area contributed by atoms with E-state index in [0.717, 1.165) is 6.07 Å². The molecule has 0 aliphatic rings. The van der Waals surface area contributed by atoms with E-state index in [1.165, 1.54) is 24.4 Å². The molecule has 23 heavy (non-hydrogen) atoms. The molecule has 0 spiro atoms. The van der Waals surface area contributed by atoms with E-state index in [1.54, 1.807) is 12.1 Å². The number of rotatable bonds is 4. The zero-order valence-corrected chi connectivity index (χ0v) is 14.5. The number of halogens is 2. The van der Waals surface area contributed by atoms with Gasteiger partial charge in [-0.3, -0.25) is 14.9 Å². The monoisotopic (exact) mass is 441 g/mol. The highest BCUT2D eigenvalue weighted by Gasteiger charge is 2.11. The van der Waals surface area contributed by atoms with Crippen LogP contribution in [-0.4, -0.2) is 22.2 Å². The van der Waals surface area contributed by atoms with Gasteiger partial charge in [0.2, 0.25) is 0 Å². The average molecular weight is 443 g/mol. The van der Waals surface area contributed by atoms with Crippen molar-refractivity contribution in [3.8, 4) is 5.75 Å². The Hall–Kier alpha value is -2.26. The third kappa shape index (κ3) is 4.36. The summed E-state index contributed by atoms with van der Waals surface area (Å²) in [6.45, 7) is 0. The summed E-state index contributed by atoms with van der Waals surface area (Å²) in [5.41, 5.74) is 2.55. The molecule has 0 atom stereocenters. The number of hydrogen-bond donors (Lipinski definition) is 2. The Morgan fingerprint density at radius 2 is 2.04 bits per heavy atom. The number of amides is 1. The molecule has 7 nitrogen and oxygen atoms in total. The van der Waals surface area contributed by atoms with Crippen molar-refractivity contribution >= 4 is 49.7 Å². The first kappa shape index (κ1) is 17.1. The zero-order valence-electron chi connectivity index (χ0n) is 11.4. The first-order valence-electron chi connectivity index (χ1n) is 6.14. The van der Waals surface area contributed by atoms with E-state index in [2.05, 4.69) is 42.4 Å². The molecule has 0 unspecified atom stereocenters. The number of phenols is 1. The molecule has 0 saturated heterocycles. The second kappa shape index (κ2) is 7.34. The predicted molar refractivity (Wildman–Crippen MR) is 91.7 cm³/mol. The normalized spacial score (nSPS) is 10.7. The quantitative estimate of drug-likeness (QED) is 0.428. The number of benzene rings is 2. The summed E-state index contributed by atoms with van der Waals surface area (Å²) >= 11 is 6.46. The van der Waals surface area contributed by atoms with Crippen molar-refractivity contribution in [2.24, 2.45) is 5.10 Å². The van der Waals surface area contributed by atoms with Gasteiger partial charge in [-0.1, -0.05) is 22.0 Å². The van der Waals surface area contributed by atoms with Gasteiger partial charge in [0, 0.05) is 27.7 Å². The number of carbonyl (C=O) groups is 1. The van der Waals surface area contributed by atoms with E-state index in [9.17, 15) is 20.0 Å². The summed E-state index contributed by atoms with van der Waals surface area (Å²) in [4.78, 5) is 22.0. The molecule has 0 heterocycles. The second-order valence-electron chi connectivity index (χ2n) is 4.33. The van der Waals surface area contributed by atoms with Crippen LogP contribution >= 0.6 is 31.9 Å². The molecule has 0 aromatic heterocycles. The lowest BCUT2D eigenvalue weighted by Gasteiger charge is -2.03. The number of phenolic OH excluding ortho intramolecular Hbond substituents is 1. The fourth-order valence-electron chi connectivity index (χ4n) is 1.67. The third-order valence-corrected chi connectivity index (χ3v) is 3.81. The van der Waals surface area contributed by atoms with Crippen molar-refractivity contribution in [3.63, 3.8) is 0 Å². The lowest BCUT2D eigenvalue weighted by atomic mass is 10.2. The molecule has 0 radical (unpaired) electrons. The van der Waals surface area contributed by atoms with Gasteiger partial charge in [0.25, 0.3) is 11.6 Å². The highest BCUT2D eigenvalue weighted by atomic mass is 79.9. The van der Waals surface area contributed by atoms with Crippen LogP contribution in [0.3, 0.4) is 0 Å². The van der Waals surface area contributed by atoms with Crippen LogP contribution in [0.25, 0.3) is 0 Å². The van der Waals surface area contributed by atoms with Gasteiger partial charge in [0.15, 0.2) is 0 Å². The molecular formula is C14H9Br2N3O4. The Morgan fingerprint density at radius 1 is 1.30 bits per heavy atom. The van der Waals surface area contributed by atoms with Crippen molar-refractivity contribution < 1.29 is 14.8 Å². The number of non-ortho nitro benzene ring substituents is 1. The van der Waals surface area contributed by atoms with E-state index < -0.39 is 10.8 Å². The highest BCUT2D eigenvalue weighted by molar-refractivity contribution is 9.11. The molecule has 0 bridgehead atoms. The molecule has 0 saturated carbocycles. The SMILES string of the molecule is O=C(NN=Cc1cc(Br)cc(Br)c1O)c1cccc([N+](=O)[O-])c1. The van der Waals surface area contributed by atoms with Crippen LogP contribution in [0.4, 0.5) is 5.69 Å². The first-order valence-corrected chi connectivity index (χ1v) is 7.73. The van der Waals surface area contributed by atoms with Gasteiger partial charge in [-0.05, 0) is 34.1 Å². The van der Waals surface area contributed by atoms with E-state index in [-0.39, 0.29) is 17.0 Å². The number of nitrogens with zero attached hydrogens (tertiary/aromatic N) is 2. The minimum atomic E-state index is -0.599. The standard InChI is InChI=1S/C14H9Br2N3O4/c15-10-4-9(13(20)12(16)6-10)7-17-18-14(21)8-2-1-3-11(5-8)19(22)23/h1-7,20H,(H,18,21). The number of nitro groups is 1. The number of hydrogen-bond acceptors (Lipinski definition) is 5. The summed E-state index contributed by atoms with van der Waals surface area (Å²) in [6.07, 6.45) is 1.26. The molecule has 0 fully saturated rings. The van der Waals surface area contributed by atoms with Crippen LogP contribution in [-0.2, 0) is 0 Å². The lowest BCUT2D eigenvalue weighted by molar-refractivity contribution is -0.384. The van der Waals surface area contributed by atoms with Gasteiger partial charge in [-0.2, -0.15) is 5.10 Å². The van der Waals surface area contributed by atoms with Gasteiger partial charge in [0.05, 0.1) is 15.6 Å². The van der Waals surface area contributed by atoms with Crippen LogP contribution in [0.15, 0.2) is 50.4 Å². The molecule has 9 heteroatoms. The zero-order chi connectivity index (χ0) is 17.0. The second-order valence-corrected chi connectivity index (χ2v) is 6.10. The van der Waals surface area contributed by atoms with Crippen LogP contribution < -0.4 is 5.43 Å². The average Bonchev–Trinajstić information content (AvgIpc) is 2.51. The van der Waals surface area contributed by atoms with Crippen molar-refractivity contribution in [3.05, 3.63) is 66.6 Å². The van der Waals surface area contributed by atoms with Gasteiger partial charge < -0.3 is 5.11 Å². The summed E-state index contributed by atoms with van der Waals surface area (Å²) in [7, 11) is 0. The van der Waals surface area contributed by atoms with Crippen molar-refractivity contribution in [2.75, 3.05) is 0 Å². The Kier molecular flexibility index (Phi) is 5.45. The summed E-state index contributed by atoms with van der Waals surface area (Å²) in [6, 6.07) is 8.56. The maximum atomic E-state index is 11.9. The number of aromatic hydroxyl groups is 1. The summed E-state index contributed by atoms with van der Waals surface area (Å²) < 4.78 is 1.19. The van der Waals surface area contributed by atoms with Crippen LogP contribution in [0.1, 0.15) is 15.9 Å². The van der Waals surface area contributed by atoms with Gasteiger partial charge >= 0.3 is 0 Å². The Balaban J connectivity index is 2.13. The first-order chi connectivity index (χ1) is 10.9. The molecule has 1 amide bonds. The largest absolute Gasteiger partial charge is 0.506 e. The number of nitro benzene ring substituents is 1. The Labute approximate surface area is 147 Å².